The van der Waals surface area contributed by atoms with Crippen LogP contribution in [-0.2, 0) is 21.1 Å². The molecule has 1 saturated heterocycles. The molecule has 4 rings (SSSR count). The SMILES string of the molecule is O=C(Cc1sc(-c2ccccc2)nc1-c1cccs1)N1CCS(=O)(=O)CC1. The minimum absolute atomic E-state index is 0.0361. The highest BCUT2D eigenvalue weighted by molar-refractivity contribution is 7.91. The molecule has 0 N–H and O–H groups in total. The van der Waals surface area contributed by atoms with Crippen LogP contribution in [0.2, 0.25) is 0 Å². The van der Waals surface area contributed by atoms with Gasteiger partial charge in [-0.05, 0) is 11.4 Å². The van der Waals surface area contributed by atoms with Crippen molar-refractivity contribution < 1.29 is 13.2 Å². The quantitative estimate of drug-likeness (QED) is 0.652. The number of thiazole rings is 1. The van der Waals surface area contributed by atoms with Gasteiger partial charge in [0.25, 0.3) is 0 Å². The van der Waals surface area contributed by atoms with E-state index < -0.39 is 9.84 Å². The van der Waals surface area contributed by atoms with Crippen LogP contribution in [0.15, 0.2) is 47.8 Å². The Morgan fingerprint density at radius 2 is 1.81 bits per heavy atom. The van der Waals surface area contributed by atoms with Crippen LogP contribution < -0.4 is 0 Å². The van der Waals surface area contributed by atoms with E-state index in [0.717, 1.165) is 26.0 Å². The Balaban J connectivity index is 1.61. The first-order valence-corrected chi connectivity index (χ1v) is 12.1. The Morgan fingerprint density at radius 3 is 2.48 bits per heavy atom. The van der Waals surface area contributed by atoms with E-state index in [2.05, 4.69) is 0 Å². The van der Waals surface area contributed by atoms with Gasteiger partial charge in [0.1, 0.15) is 5.01 Å². The Hall–Kier alpha value is -2.03. The van der Waals surface area contributed by atoms with Crippen molar-refractivity contribution in [3.63, 3.8) is 0 Å². The first-order valence-electron chi connectivity index (χ1n) is 8.59. The van der Waals surface area contributed by atoms with E-state index in [0.29, 0.717) is 0 Å². The molecule has 0 aliphatic carbocycles. The molecule has 0 bridgehead atoms. The highest BCUT2D eigenvalue weighted by Gasteiger charge is 2.26. The van der Waals surface area contributed by atoms with E-state index in [4.69, 9.17) is 4.98 Å². The van der Waals surface area contributed by atoms with Crippen molar-refractivity contribution in [1.29, 1.82) is 0 Å². The normalized spacial score (nSPS) is 16.4. The third-order valence-electron chi connectivity index (χ3n) is 4.48. The number of hydrogen-bond donors (Lipinski definition) is 0. The molecule has 0 radical (unpaired) electrons. The molecular formula is C19H18N2O3S3. The molecule has 3 heterocycles. The number of sulfone groups is 1. The van der Waals surface area contributed by atoms with Crippen LogP contribution in [0.4, 0.5) is 0 Å². The number of carbonyl (C=O) groups is 1. The number of amides is 1. The maximum atomic E-state index is 12.8. The smallest absolute Gasteiger partial charge is 0.227 e. The van der Waals surface area contributed by atoms with Gasteiger partial charge >= 0.3 is 0 Å². The summed E-state index contributed by atoms with van der Waals surface area (Å²) in [5, 5.41) is 2.89. The number of rotatable bonds is 4. The van der Waals surface area contributed by atoms with Gasteiger partial charge in [-0.3, -0.25) is 4.79 Å². The van der Waals surface area contributed by atoms with Crippen molar-refractivity contribution >= 4 is 38.4 Å². The first-order chi connectivity index (χ1) is 13.0. The summed E-state index contributed by atoms with van der Waals surface area (Å²) in [7, 11) is -3.00. The fraction of sp³-hybridized carbons (Fsp3) is 0.263. The zero-order chi connectivity index (χ0) is 18.9. The maximum absolute atomic E-state index is 12.8. The molecule has 27 heavy (non-hydrogen) atoms. The molecule has 0 unspecified atom stereocenters. The van der Waals surface area contributed by atoms with Gasteiger partial charge < -0.3 is 4.90 Å². The molecule has 1 amide bonds. The van der Waals surface area contributed by atoms with Gasteiger partial charge in [-0.15, -0.1) is 22.7 Å². The van der Waals surface area contributed by atoms with Gasteiger partial charge in [-0.1, -0.05) is 36.4 Å². The summed E-state index contributed by atoms with van der Waals surface area (Å²) >= 11 is 3.13. The molecule has 1 fully saturated rings. The van der Waals surface area contributed by atoms with Gasteiger partial charge in [-0.2, -0.15) is 0 Å². The fourth-order valence-electron chi connectivity index (χ4n) is 2.99. The van der Waals surface area contributed by atoms with E-state index >= 15 is 0 Å². The molecular weight excluding hydrogens is 400 g/mol. The van der Waals surface area contributed by atoms with Crippen molar-refractivity contribution in [3.05, 3.63) is 52.7 Å². The highest BCUT2D eigenvalue weighted by Crippen LogP contribution is 2.36. The lowest BCUT2D eigenvalue weighted by molar-refractivity contribution is -0.130. The van der Waals surface area contributed by atoms with Gasteiger partial charge in [0.2, 0.25) is 5.91 Å². The second-order valence-electron chi connectivity index (χ2n) is 6.34. The lowest BCUT2D eigenvalue weighted by Gasteiger charge is -2.26. The van der Waals surface area contributed by atoms with E-state index in [9.17, 15) is 13.2 Å². The number of hydrogen-bond acceptors (Lipinski definition) is 6. The second-order valence-corrected chi connectivity index (χ2v) is 10.7. The van der Waals surface area contributed by atoms with Crippen LogP contribution in [0, 0.1) is 0 Å². The van der Waals surface area contributed by atoms with Crippen LogP contribution in [0.25, 0.3) is 21.1 Å². The van der Waals surface area contributed by atoms with Gasteiger partial charge in [0.05, 0.1) is 28.5 Å². The molecule has 1 aliphatic rings. The highest BCUT2D eigenvalue weighted by atomic mass is 32.2. The number of thiophene rings is 1. The molecule has 0 atom stereocenters. The summed E-state index contributed by atoms with van der Waals surface area (Å²) in [6.07, 6.45) is 0.248. The summed E-state index contributed by atoms with van der Waals surface area (Å²) in [5.74, 6) is 0.0640. The second kappa shape index (κ2) is 7.53. The number of nitrogens with zero attached hydrogens (tertiary/aromatic N) is 2. The Kier molecular flexibility index (Phi) is 5.12. The average molecular weight is 419 g/mol. The number of carbonyl (C=O) groups excluding carboxylic acids is 1. The van der Waals surface area contributed by atoms with E-state index in [1.165, 1.54) is 11.3 Å². The minimum atomic E-state index is -3.00. The summed E-state index contributed by atoms with van der Waals surface area (Å²) in [6, 6.07) is 13.9. The first kappa shape index (κ1) is 18.3. The van der Waals surface area contributed by atoms with Crippen LogP contribution >= 0.6 is 22.7 Å². The monoisotopic (exact) mass is 418 g/mol. The third kappa shape index (κ3) is 4.12. The summed E-state index contributed by atoms with van der Waals surface area (Å²) in [5.41, 5.74) is 1.88. The van der Waals surface area contributed by atoms with Crippen LogP contribution in [-0.4, -0.2) is 48.8 Å². The van der Waals surface area contributed by atoms with Crippen molar-refractivity contribution in [2.75, 3.05) is 24.6 Å². The van der Waals surface area contributed by atoms with Crippen LogP contribution in [0.3, 0.4) is 0 Å². The molecule has 5 nitrogen and oxygen atoms in total. The van der Waals surface area contributed by atoms with Gasteiger partial charge in [0, 0.05) is 23.5 Å². The number of benzene rings is 1. The summed E-state index contributed by atoms with van der Waals surface area (Å²) in [4.78, 5) is 21.2. The average Bonchev–Trinajstić information content (AvgIpc) is 3.32. The molecule has 1 aromatic carbocycles. The third-order valence-corrected chi connectivity index (χ3v) is 8.07. The number of aromatic nitrogens is 1. The lowest BCUT2D eigenvalue weighted by atomic mass is 10.2. The molecule has 140 valence electrons. The van der Waals surface area contributed by atoms with Crippen LogP contribution in [0.1, 0.15) is 4.88 Å². The van der Waals surface area contributed by atoms with Gasteiger partial charge in [-0.25, -0.2) is 13.4 Å². The zero-order valence-electron chi connectivity index (χ0n) is 14.5. The van der Waals surface area contributed by atoms with Crippen molar-refractivity contribution in [1.82, 2.24) is 9.88 Å². The minimum Gasteiger partial charge on any atom is -0.340 e. The zero-order valence-corrected chi connectivity index (χ0v) is 16.9. The summed E-state index contributed by atoms with van der Waals surface area (Å²) in [6.45, 7) is 0.555. The predicted octanol–water partition coefficient (Wildman–Crippen LogP) is 3.34. The molecule has 0 spiro atoms. The van der Waals surface area contributed by atoms with Gasteiger partial charge in [0.15, 0.2) is 9.84 Å². The van der Waals surface area contributed by atoms with Crippen LogP contribution in [0.5, 0.6) is 0 Å². The predicted molar refractivity (Wildman–Crippen MR) is 110 cm³/mol. The van der Waals surface area contributed by atoms with Crippen molar-refractivity contribution in [2.45, 2.75) is 6.42 Å². The molecule has 0 saturated carbocycles. The van der Waals surface area contributed by atoms with E-state index in [1.807, 2.05) is 47.8 Å². The lowest BCUT2D eigenvalue weighted by Crippen LogP contribution is -2.44. The Labute approximate surface area is 166 Å². The molecule has 8 heteroatoms. The topological polar surface area (TPSA) is 67.3 Å². The van der Waals surface area contributed by atoms with Crippen molar-refractivity contribution in [3.8, 4) is 21.1 Å². The molecule has 1 aliphatic heterocycles. The fourth-order valence-corrected chi connectivity index (χ4v) is 6.07. The summed E-state index contributed by atoms with van der Waals surface area (Å²) < 4.78 is 23.2. The maximum Gasteiger partial charge on any atom is 0.227 e. The Morgan fingerprint density at radius 1 is 1.07 bits per heavy atom. The van der Waals surface area contributed by atoms with E-state index in [-0.39, 0.29) is 36.9 Å². The Bertz CT molecular complexity index is 1030. The van der Waals surface area contributed by atoms with Crippen molar-refractivity contribution in [2.24, 2.45) is 0 Å². The molecule has 2 aromatic heterocycles. The molecule has 3 aromatic rings. The standard InChI is InChI=1S/C19H18N2O3S3/c22-17(21-8-11-27(23,24)12-9-21)13-16-18(15-7-4-10-25-15)20-19(26-16)14-5-2-1-3-6-14/h1-7,10H,8-9,11-13H2. The van der Waals surface area contributed by atoms with E-state index in [1.54, 1.807) is 16.2 Å². The largest absolute Gasteiger partial charge is 0.340 e.